The predicted octanol–water partition coefficient (Wildman–Crippen LogP) is 1.41. The molecule has 21 heavy (non-hydrogen) atoms. The summed E-state index contributed by atoms with van der Waals surface area (Å²) >= 11 is 1.51. The van der Waals surface area contributed by atoms with Gasteiger partial charge in [0.15, 0.2) is 0 Å². The first-order valence-corrected chi connectivity index (χ1v) is 9.11. The lowest BCUT2D eigenvalue weighted by Crippen LogP contribution is -2.26. The Morgan fingerprint density at radius 2 is 2.24 bits per heavy atom. The first kappa shape index (κ1) is 16.2. The first-order valence-electron chi connectivity index (χ1n) is 6.81. The van der Waals surface area contributed by atoms with Crippen LogP contribution in [0.5, 0.6) is 0 Å². The minimum absolute atomic E-state index is 0.327. The Morgan fingerprint density at radius 1 is 1.43 bits per heavy atom. The van der Waals surface area contributed by atoms with E-state index in [2.05, 4.69) is 20.0 Å². The number of sulfonamides is 1. The van der Waals surface area contributed by atoms with Gasteiger partial charge in [0.25, 0.3) is 0 Å². The third-order valence-electron chi connectivity index (χ3n) is 2.97. The number of aryl methyl sites for hydroxylation is 1. The summed E-state index contributed by atoms with van der Waals surface area (Å²) < 4.78 is 27.2. The van der Waals surface area contributed by atoms with E-state index in [9.17, 15) is 8.42 Å². The van der Waals surface area contributed by atoms with Crippen LogP contribution in [0.2, 0.25) is 0 Å². The number of aromatic nitrogens is 2. The molecule has 2 aromatic heterocycles. The Balaban J connectivity index is 1.99. The largest absolute Gasteiger partial charge is 0.349 e. The molecule has 0 bridgehead atoms. The topological polar surface area (TPSA) is 86.9 Å². The molecule has 0 spiro atoms. The van der Waals surface area contributed by atoms with Crippen molar-refractivity contribution in [1.29, 1.82) is 0 Å². The maximum atomic E-state index is 12.3. The monoisotopic (exact) mass is 328 g/mol. The normalized spacial score (nSPS) is 11.9. The average Bonchev–Trinajstić information content (AvgIpc) is 3.06. The highest BCUT2D eigenvalue weighted by Crippen LogP contribution is 2.25. The molecule has 8 heteroatoms. The summed E-state index contributed by atoms with van der Waals surface area (Å²) in [7, 11) is -3.46. The van der Waals surface area contributed by atoms with Crippen LogP contribution in [0.4, 0.5) is 0 Å². The number of hydrogen-bond acceptors (Lipinski definition) is 5. The average molecular weight is 328 g/mol. The number of nitrogens with zero attached hydrogens (tertiary/aromatic N) is 1. The Kier molecular flexibility index (Phi) is 5.51. The molecule has 2 heterocycles. The summed E-state index contributed by atoms with van der Waals surface area (Å²) in [6, 6.07) is 1.75. The second-order valence-electron chi connectivity index (χ2n) is 4.60. The second kappa shape index (κ2) is 7.17. The Labute approximate surface area is 129 Å². The highest BCUT2D eigenvalue weighted by atomic mass is 32.2. The lowest BCUT2D eigenvalue weighted by molar-refractivity contribution is 0.580. The molecule has 0 amide bonds. The van der Waals surface area contributed by atoms with Crippen molar-refractivity contribution in [3.63, 3.8) is 0 Å². The van der Waals surface area contributed by atoms with E-state index in [1.165, 1.54) is 11.3 Å². The molecule has 0 unspecified atom stereocenters. The summed E-state index contributed by atoms with van der Waals surface area (Å²) in [5.41, 5.74) is 0. The fourth-order valence-corrected chi connectivity index (χ4v) is 4.58. The minimum atomic E-state index is -3.46. The molecule has 0 aliphatic carbocycles. The van der Waals surface area contributed by atoms with Gasteiger partial charge in [0, 0.05) is 41.7 Å². The number of H-pyrrole nitrogens is 1. The van der Waals surface area contributed by atoms with Crippen LogP contribution in [0.1, 0.15) is 22.5 Å². The lowest BCUT2D eigenvalue weighted by atomic mass is 10.4. The quantitative estimate of drug-likeness (QED) is 0.684. The van der Waals surface area contributed by atoms with Crippen molar-refractivity contribution in [2.45, 2.75) is 31.7 Å². The number of hydrogen-bond donors (Lipinski definition) is 3. The van der Waals surface area contributed by atoms with Gasteiger partial charge in [0.2, 0.25) is 10.0 Å². The van der Waals surface area contributed by atoms with E-state index in [-0.39, 0.29) is 0 Å². The zero-order valence-corrected chi connectivity index (χ0v) is 13.8. The number of rotatable bonds is 8. The molecule has 0 saturated carbocycles. The van der Waals surface area contributed by atoms with Crippen LogP contribution in [0.3, 0.4) is 0 Å². The maximum Gasteiger partial charge on any atom is 0.241 e. The van der Waals surface area contributed by atoms with Gasteiger partial charge in [0.1, 0.15) is 5.82 Å². The van der Waals surface area contributed by atoms with Crippen molar-refractivity contribution in [3.05, 3.63) is 34.0 Å². The van der Waals surface area contributed by atoms with Crippen LogP contribution in [0, 0.1) is 6.92 Å². The minimum Gasteiger partial charge on any atom is -0.349 e. The second-order valence-corrected chi connectivity index (χ2v) is 7.67. The predicted molar refractivity (Wildman–Crippen MR) is 83.9 cm³/mol. The van der Waals surface area contributed by atoms with Gasteiger partial charge < -0.3 is 10.3 Å². The summed E-state index contributed by atoms with van der Waals surface area (Å²) in [4.78, 5) is 9.23. The summed E-state index contributed by atoms with van der Waals surface area (Å²) in [5.74, 6) is 0.771. The van der Waals surface area contributed by atoms with Gasteiger partial charge in [-0.15, -0.1) is 11.3 Å². The van der Waals surface area contributed by atoms with Crippen LogP contribution in [0.25, 0.3) is 0 Å². The number of nitrogens with one attached hydrogen (secondary N) is 3. The molecule has 0 saturated heterocycles. The van der Waals surface area contributed by atoms with E-state index in [0.29, 0.717) is 24.4 Å². The van der Waals surface area contributed by atoms with Crippen LogP contribution < -0.4 is 10.0 Å². The highest BCUT2D eigenvalue weighted by molar-refractivity contribution is 7.89. The number of aromatic amines is 1. The van der Waals surface area contributed by atoms with Gasteiger partial charge in [-0.05, 0) is 19.5 Å². The SMILES string of the molecule is CCNCc1cc(S(=O)(=O)NCCc2ncc[nH]2)c(C)s1. The van der Waals surface area contributed by atoms with Crippen LogP contribution in [0.15, 0.2) is 23.4 Å². The van der Waals surface area contributed by atoms with E-state index in [4.69, 9.17) is 0 Å². The molecule has 6 nitrogen and oxygen atoms in total. The molecule has 116 valence electrons. The van der Waals surface area contributed by atoms with Crippen molar-refractivity contribution in [2.24, 2.45) is 0 Å². The molecule has 0 aromatic carbocycles. The molecule has 0 aliphatic rings. The van der Waals surface area contributed by atoms with E-state index in [1.54, 1.807) is 18.5 Å². The number of thiophene rings is 1. The summed E-state index contributed by atoms with van der Waals surface area (Å²) in [6.07, 6.45) is 3.92. The summed E-state index contributed by atoms with van der Waals surface area (Å²) in [5, 5.41) is 3.20. The fourth-order valence-electron chi connectivity index (χ4n) is 1.94. The van der Waals surface area contributed by atoms with E-state index >= 15 is 0 Å². The first-order chi connectivity index (χ1) is 10.0. The molecule has 0 fully saturated rings. The fraction of sp³-hybridized carbons (Fsp3) is 0.462. The third-order valence-corrected chi connectivity index (χ3v) is 5.74. The van der Waals surface area contributed by atoms with E-state index in [1.807, 2.05) is 13.8 Å². The standard InChI is InChI=1S/C13H20N4O2S2/c1-3-14-9-11-8-12(10(2)20-11)21(18,19)17-5-4-13-15-6-7-16-13/h6-8,14,17H,3-5,9H2,1-2H3,(H,15,16). The van der Waals surface area contributed by atoms with Crippen molar-refractivity contribution < 1.29 is 8.42 Å². The van der Waals surface area contributed by atoms with Gasteiger partial charge >= 0.3 is 0 Å². The van der Waals surface area contributed by atoms with Crippen LogP contribution >= 0.6 is 11.3 Å². The Hall–Kier alpha value is -1.22. The van der Waals surface area contributed by atoms with Crippen LogP contribution in [-0.2, 0) is 23.0 Å². The van der Waals surface area contributed by atoms with Crippen molar-refractivity contribution in [3.8, 4) is 0 Å². The lowest BCUT2D eigenvalue weighted by Gasteiger charge is -2.05. The van der Waals surface area contributed by atoms with Gasteiger partial charge in [0.05, 0.1) is 4.90 Å². The molecule has 0 aliphatic heterocycles. The number of imidazole rings is 1. The van der Waals surface area contributed by atoms with Crippen molar-refractivity contribution >= 4 is 21.4 Å². The van der Waals surface area contributed by atoms with Gasteiger partial charge in [-0.2, -0.15) is 0 Å². The third kappa shape index (κ3) is 4.37. The van der Waals surface area contributed by atoms with E-state index in [0.717, 1.165) is 22.1 Å². The van der Waals surface area contributed by atoms with E-state index < -0.39 is 10.0 Å². The van der Waals surface area contributed by atoms with Crippen molar-refractivity contribution in [2.75, 3.05) is 13.1 Å². The van der Waals surface area contributed by atoms with Gasteiger partial charge in [-0.1, -0.05) is 6.92 Å². The zero-order chi connectivity index (χ0) is 15.3. The Morgan fingerprint density at radius 3 is 2.90 bits per heavy atom. The molecule has 3 N–H and O–H groups in total. The van der Waals surface area contributed by atoms with Crippen molar-refractivity contribution in [1.82, 2.24) is 20.0 Å². The molecular weight excluding hydrogens is 308 g/mol. The molecule has 0 radical (unpaired) electrons. The van der Waals surface area contributed by atoms with Gasteiger partial charge in [-0.3, -0.25) is 0 Å². The molecule has 0 atom stereocenters. The maximum absolute atomic E-state index is 12.3. The van der Waals surface area contributed by atoms with Gasteiger partial charge in [-0.25, -0.2) is 18.1 Å². The summed E-state index contributed by atoms with van der Waals surface area (Å²) in [6.45, 7) is 5.74. The zero-order valence-electron chi connectivity index (χ0n) is 12.1. The molecule has 2 rings (SSSR count). The molecular formula is C13H20N4O2S2. The smallest absolute Gasteiger partial charge is 0.241 e. The van der Waals surface area contributed by atoms with Crippen LogP contribution in [-0.4, -0.2) is 31.5 Å². The Bertz CT molecular complexity index is 662. The highest BCUT2D eigenvalue weighted by Gasteiger charge is 2.19. The molecule has 2 aromatic rings.